The highest BCUT2D eigenvalue weighted by Crippen LogP contribution is 2.24. The Balaban J connectivity index is 1.65. The van der Waals surface area contributed by atoms with E-state index >= 15 is 0 Å². The van der Waals surface area contributed by atoms with E-state index in [0.29, 0.717) is 0 Å². The molecule has 3 rings (SSSR count). The van der Waals surface area contributed by atoms with Crippen LogP contribution in [0.15, 0.2) is 29.9 Å². The van der Waals surface area contributed by atoms with Crippen LogP contribution in [0.2, 0.25) is 0 Å². The van der Waals surface area contributed by atoms with Gasteiger partial charge in [-0.15, -0.1) is 11.3 Å². The first-order valence-electron chi connectivity index (χ1n) is 8.26. The molecule has 8 heteroatoms. The molecule has 1 atom stereocenters. The van der Waals surface area contributed by atoms with Crippen LogP contribution in [0.5, 0.6) is 0 Å². The number of piperidine rings is 1. The third-order valence-electron chi connectivity index (χ3n) is 4.14. The van der Waals surface area contributed by atoms with Crippen LogP contribution in [0.3, 0.4) is 0 Å². The van der Waals surface area contributed by atoms with Crippen molar-refractivity contribution >= 4 is 28.3 Å². The first-order chi connectivity index (χ1) is 12.1. The highest BCUT2D eigenvalue weighted by Gasteiger charge is 2.23. The second kappa shape index (κ2) is 8.06. The summed E-state index contributed by atoms with van der Waals surface area (Å²) < 4.78 is 0. The highest BCUT2D eigenvalue weighted by atomic mass is 32.1. The van der Waals surface area contributed by atoms with Crippen molar-refractivity contribution in [2.24, 2.45) is 0 Å². The minimum atomic E-state index is -1.07. The Labute approximate surface area is 149 Å². The van der Waals surface area contributed by atoms with Crippen molar-refractivity contribution in [1.29, 1.82) is 0 Å². The summed E-state index contributed by atoms with van der Waals surface area (Å²) in [6, 6.07) is 2.47. The summed E-state index contributed by atoms with van der Waals surface area (Å²) in [5.41, 5.74) is 1.07. The maximum atomic E-state index is 12.4. The summed E-state index contributed by atoms with van der Waals surface area (Å²) >= 11 is 1.42. The van der Waals surface area contributed by atoms with Gasteiger partial charge in [-0.2, -0.15) is 0 Å². The van der Waals surface area contributed by atoms with Crippen LogP contribution in [0.1, 0.15) is 35.3 Å². The van der Waals surface area contributed by atoms with E-state index in [9.17, 15) is 14.7 Å². The van der Waals surface area contributed by atoms with E-state index in [1.54, 1.807) is 29.9 Å². The summed E-state index contributed by atoms with van der Waals surface area (Å²) in [4.78, 5) is 34.3. The van der Waals surface area contributed by atoms with Crippen molar-refractivity contribution in [2.45, 2.75) is 31.7 Å². The van der Waals surface area contributed by atoms with Gasteiger partial charge in [-0.05, 0) is 37.0 Å². The second-order valence-electron chi connectivity index (χ2n) is 5.99. The monoisotopic (exact) mass is 360 g/mol. The molecule has 0 aliphatic carbocycles. The van der Waals surface area contributed by atoms with Crippen molar-refractivity contribution in [3.05, 3.63) is 41.2 Å². The predicted octanol–water partition coefficient (Wildman–Crippen LogP) is 1.95. The zero-order valence-electron chi connectivity index (χ0n) is 13.7. The number of rotatable bonds is 6. The summed E-state index contributed by atoms with van der Waals surface area (Å²) in [5.74, 6) is -1.53. The lowest BCUT2D eigenvalue weighted by Gasteiger charge is -2.25. The van der Waals surface area contributed by atoms with Gasteiger partial charge < -0.3 is 15.3 Å². The number of carboxylic acids is 1. The number of nitrogens with one attached hydrogen (secondary N) is 1. The fourth-order valence-electron chi connectivity index (χ4n) is 2.79. The lowest BCUT2D eigenvalue weighted by atomic mass is 10.1. The van der Waals surface area contributed by atoms with Gasteiger partial charge in [0.2, 0.25) is 0 Å². The van der Waals surface area contributed by atoms with Gasteiger partial charge in [0.05, 0.1) is 0 Å². The molecular formula is C17H20N4O3S. The molecule has 0 saturated carbocycles. The molecule has 2 aromatic rings. The third-order valence-corrected chi connectivity index (χ3v) is 5.05. The van der Waals surface area contributed by atoms with Crippen LogP contribution in [-0.4, -0.2) is 46.1 Å². The SMILES string of the molecule is O=C(NC(Cc1ccncc1)C(=O)O)c1csc(N2CCCCC2)n1. The molecule has 0 aromatic carbocycles. The quantitative estimate of drug-likeness (QED) is 0.818. The molecule has 0 bridgehead atoms. The topological polar surface area (TPSA) is 95.4 Å². The van der Waals surface area contributed by atoms with E-state index < -0.39 is 17.9 Å². The number of carboxylic acid groups (broad SMARTS) is 1. The molecule has 2 aromatic heterocycles. The number of hydrogen-bond donors (Lipinski definition) is 2. The van der Waals surface area contributed by atoms with Crippen LogP contribution in [0.25, 0.3) is 0 Å². The fraction of sp³-hybridized carbons (Fsp3) is 0.412. The molecule has 3 heterocycles. The largest absolute Gasteiger partial charge is 0.480 e. The normalized spacial score (nSPS) is 15.6. The van der Waals surface area contributed by atoms with Crippen molar-refractivity contribution in [3.63, 3.8) is 0 Å². The molecule has 132 valence electrons. The Morgan fingerprint density at radius 2 is 1.96 bits per heavy atom. The molecular weight excluding hydrogens is 340 g/mol. The number of aliphatic carboxylic acids is 1. The lowest BCUT2D eigenvalue weighted by molar-refractivity contribution is -0.139. The Bertz CT molecular complexity index is 729. The zero-order valence-corrected chi connectivity index (χ0v) is 14.5. The third kappa shape index (κ3) is 4.54. The van der Waals surface area contributed by atoms with Crippen LogP contribution >= 0.6 is 11.3 Å². The van der Waals surface area contributed by atoms with E-state index in [2.05, 4.69) is 20.2 Å². The highest BCUT2D eigenvalue weighted by molar-refractivity contribution is 7.13. The fourth-order valence-corrected chi connectivity index (χ4v) is 3.65. The molecule has 0 spiro atoms. The Morgan fingerprint density at radius 1 is 1.24 bits per heavy atom. The van der Waals surface area contributed by atoms with Gasteiger partial charge in [0.1, 0.15) is 11.7 Å². The lowest BCUT2D eigenvalue weighted by Crippen LogP contribution is -2.42. The van der Waals surface area contributed by atoms with Crippen LogP contribution < -0.4 is 10.2 Å². The van der Waals surface area contributed by atoms with Crippen molar-refractivity contribution in [3.8, 4) is 0 Å². The number of thiazole rings is 1. The number of pyridine rings is 1. The Morgan fingerprint density at radius 3 is 2.64 bits per heavy atom. The van der Waals surface area contributed by atoms with E-state index in [1.165, 1.54) is 17.8 Å². The molecule has 1 fully saturated rings. The van der Waals surface area contributed by atoms with E-state index in [4.69, 9.17) is 0 Å². The first kappa shape index (κ1) is 17.3. The number of amides is 1. The predicted molar refractivity (Wildman–Crippen MR) is 95.0 cm³/mol. The van der Waals surface area contributed by atoms with Gasteiger partial charge >= 0.3 is 5.97 Å². The number of carbonyl (C=O) groups excluding carboxylic acids is 1. The molecule has 1 aliphatic heterocycles. The number of hydrogen-bond acceptors (Lipinski definition) is 6. The second-order valence-corrected chi connectivity index (χ2v) is 6.82. The van der Waals surface area contributed by atoms with Gasteiger partial charge in [0.25, 0.3) is 5.91 Å². The van der Waals surface area contributed by atoms with E-state index in [-0.39, 0.29) is 12.1 Å². The number of anilines is 1. The average molecular weight is 360 g/mol. The Kier molecular flexibility index (Phi) is 5.60. The van der Waals surface area contributed by atoms with E-state index in [1.807, 2.05) is 0 Å². The van der Waals surface area contributed by atoms with Crippen LogP contribution in [0.4, 0.5) is 5.13 Å². The number of aromatic nitrogens is 2. The average Bonchev–Trinajstić information content (AvgIpc) is 3.13. The van der Waals surface area contributed by atoms with Crippen molar-refractivity contribution in [1.82, 2.24) is 15.3 Å². The standard InChI is InChI=1S/C17H20N4O3S/c22-15(14-11-25-17(20-14)21-8-2-1-3-9-21)19-13(16(23)24)10-12-4-6-18-7-5-12/h4-7,11,13H,1-3,8-10H2,(H,19,22)(H,23,24). The molecule has 0 radical (unpaired) electrons. The van der Waals surface area contributed by atoms with Gasteiger partial charge in [-0.25, -0.2) is 9.78 Å². The van der Waals surface area contributed by atoms with Crippen LogP contribution in [0, 0.1) is 0 Å². The molecule has 1 saturated heterocycles. The molecule has 25 heavy (non-hydrogen) atoms. The smallest absolute Gasteiger partial charge is 0.326 e. The molecule has 1 unspecified atom stereocenters. The van der Waals surface area contributed by atoms with Crippen molar-refractivity contribution in [2.75, 3.05) is 18.0 Å². The van der Waals surface area contributed by atoms with Crippen molar-refractivity contribution < 1.29 is 14.7 Å². The maximum absolute atomic E-state index is 12.4. The summed E-state index contributed by atoms with van der Waals surface area (Å²) in [7, 11) is 0. The molecule has 1 amide bonds. The zero-order chi connectivity index (χ0) is 17.6. The Hall–Kier alpha value is -2.48. The van der Waals surface area contributed by atoms with Gasteiger partial charge in [0, 0.05) is 37.3 Å². The van der Waals surface area contributed by atoms with E-state index in [0.717, 1.165) is 36.6 Å². The maximum Gasteiger partial charge on any atom is 0.326 e. The first-order valence-corrected chi connectivity index (χ1v) is 9.14. The minimum absolute atomic E-state index is 0.201. The summed E-state index contributed by atoms with van der Waals surface area (Å²) in [6.07, 6.45) is 6.89. The number of carbonyl (C=O) groups is 2. The number of nitrogens with zero attached hydrogens (tertiary/aromatic N) is 3. The van der Waals surface area contributed by atoms with Gasteiger partial charge in [0.15, 0.2) is 5.13 Å². The van der Waals surface area contributed by atoms with Gasteiger partial charge in [-0.1, -0.05) is 0 Å². The minimum Gasteiger partial charge on any atom is -0.480 e. The summed E-state index contributed by atoms with van der Waals surface area (Å²) in [6.45, 7) is 1.91. The summed E-state index contributed by atoms with van der Waals surface area (Å²) in [5, 5.41) is 14.5. The van der Waals surface area contributed by atoms with Crippen LogP contribution in [-0.2, 0) is 11.2 Å². The van der Waals surface area contributed by atoms with Gasteiger partial charge in [-0.3, -0.25) is 9.78 Å². The molecule has 2 N–H and O–H groups in total. The molecule has 7 nitrogen and oxygen atoms in total. The molecule has 1 aliphatic rings.